The zero-order valence-corrected chi connectivity index (χ0v) is 13.7. The summed E-state index contributed by atoms with van der Waals surface area (Å²) >= 11 is 0. The largest absolute Gasteiger partial charge is 0.349 e. The predicted molar refractivity (Wildman–Crippen MR) is 89.0 cm³/mol. The second-order valence-corrected chi connectivity index (χ2v) is 6.45. The zero-order valence-electron chi connectivity index (χ0n) is 13.7. The second kappa shape index (κ2) is 6.11. The number of fused-ring (bicyclic) bond motifs is 1. The van der Waals surface area contributed by atoms with Crippen LogP contribution in [0, 0.1) is 12.8 Å². The number of nitrogens with zero attached hydrogens (tertiary/aromatic N) is 2. The van der Waals surface area contributed by atoms with Crippen molar-refractivity contribution < 1.29 is 4.79 Å². The van der Waals surface area contributed by atoms with E-state index >= 15 is 0 Å². The van der Waals surface area contributed by atoms with Gasteiger partial charge in [-0.15, -0.1) is 0 Å². The van der Waals surface area contributed by atoms with Gasteiger partial charge in [0.1, 0.15) is 5.82 Å². The molecule has 4 heteroatoms. The first-order valence-electron chi connectivity index (χ1n) is 8.34. The molecule has 2 atom stereocenters. The lowest BCUT2D eigenvalue weighted by Crippen LogP contribution is -2.41. The number of imidazole rings is 1. The van der Waals surface area contributed by atoms with Crippen LogP contribution in [0.5, 0.6) is 0 Å². The quantitative estimate of drug-likeness (QED) is 0.941. The first-order valence-corrected chi connectivity index (χ1v) is 8.34. The molecule has 0 saturated heterocycles. The Hall–Kier alpha value is -1.84. The van der Waals surface area contributed by atoms with Gasteiger partial charge in [0, 0.05) is 18.7 Å². The van der Waals surface area contributed by atoms with Crippen LogP contribution in [-0.4, -0.2) is 21.5 Å². The van der Waals surface area contributed by atoms with Gasteiger partial charge in [0.25, 0.3) is 5.91 Å². The van der Waals surface area contributed by atoms with Crippen molar-refractivity contribution in [1.82, 2.24) is 14.9 Å². The van der Waals surface area contributed by atoms with E-state index in [-0.39, 0.29) is 5.91 Å². The molecule has 3 rings (SSSR count). The van der Waals surface area contributed by atoms with E-state index in [0.29, 0.717) is 17.5 Å². The van der Waals surface area contributed by atoms with E-state index in [1.165, 1.54) is 19.3 Å². The van der Waals surface area contributed by atoms with Crippen molar-refractivity contribution in [2.45, 2.75) is 52.0 Å². The number of nitrogens with one attached hydrogen (secondary N) is 1. The van der Waals surface area contributed by atoms with E-state index in [1.807, 2.05) is 36.7 Å². The minimum absolute atomic E-state index is 0.0376. The average Bonchev–Trinajstić information content (AvgIpc) is 2.82. The third-order valence-corrected chi connectivity index (χ3v) is 5.12. The molecule has 1 heterocycles. The van der Waals surface area contributed by atoms with E-state index in [4.69, 9.17) is 0 Å². The van der Waals surface area contributed by atoms with Crippen LogP contribution in [0.1, 0.15) is 55.2 Å². The lowest BCUT2D eigenvalue weighted by atomic mass is 9.83. The molecule has 118 valence electrons. The van der Waals surface area contributed by atoms with Gasteiger partial charge in [-0.2, -0.15) is 0 Å². The lowest BCUT2D eigenvalue weighted by Gasteiger charge is -2.31. The number of hydrogen-bond acceptors (Lipinski definition) is 2. The Balaban J connectivity index is 1.79. The van der Waals surface area contributed by atoms with Crippen LogP contribution in [0.15, 0.2) is 18.2 Å². The highest BCUT2D eigenvalue weighted by molar-refractivity contribution is 5.97. The Kier molecular flexibility index (Phi) is 4.19. The molecule has 22 heavy (non-hydrogen) atoms. The number of aromatic nitrogens is 2. The Bertz CT molecular complexity index is 689. The fourth-order valence-corrected chi connectivity index (χ4v) is 3.60. The molecule has 0 aliphatic heterocycles. The predicted octanol–water partition coefficient (Wildman–Crippen LogP) is 3.58. The highest BCUT2D eigenvalue weighted by Crippen LogP contribution is 2.27. The first kappa shape index (κ1) is 15.1. The Morgan fingerprint density at radius 3 is 2.91 bits per heavy atom. The highest BCUT2D eigenvalue weighted by atomic mass is 16.1. The number of amides is 1. The standard InChI is InChI=1S/C18H25N3O/c1-4-13-7-5-6-8-15(13)20-18(22)14-9-10-17-16(11-14)19-12(2)21(17)3/h9-11,13,15H,4-8H2,1-3H3,(H,20,22)/t13-,15-/m1/s1. The highest BCUT2D eigenvalue weighted by Gasteiger charge is 2.25. The topological polar surface area (TPSA) is 46.9 Å². The van der Waals surface area contributed by atoms with Gasteiger partial charge in [0.05, 0.1) is 11.0 Å². The summed E-state index contributed by atoms with van der Waals surface area (Å²) in [5, 5.41) is 3.25. The number of carbonyl (C=O) groups excluding carboxylic acids is 1. The van der Waals surface area contributed by atoms with E-state index in [2.05, 4.69) is 17.2 Å². The zero-order chi connectivity index (χ0) is 15.7. The average molecular weight is 299 g/mol. The van der Waals surface area contributed by atoms with Crippen molar-refractivity contribution >= 4 is 16.9 Å². The maximum Gasteiger partial charge on any atom is 0.251 e. The van der Waals surface area contributed by atoms with Crippen molar-refractivity contribution in [3.63, 3.8) is 0 Å². The Morgan fingerprint density at radius 2 is 2.14 bits per heavy atom. The van der Waals surface area contributed by atoms with Crippen molar-refractivity contribution in [3.8, 4) is 0 Å². The van der Waals surface area contributed by atoms with Gasteiger partial charge in [-0.05, 0) is 43.9 Å². The lowest BCUT2D eigenvalue weighted by molar-refractivity contribution is 0.0905. The van der Waals surface area contributed by atoms with E-state index in [1.54, 1.807) is 0 Å². The van der Waals surface area contributed by atoms with Crippen LogP contribution >= 0.6 is 0 Å². The third-order valence-electron chi connectivity index (χ3n) is 5.12. The summed E-state index contributed by atoms with van der Waals surface area (Å²) in [5.41, 5.74) is 2.67. The van der Waals surface area contributed by atoms with Crippen molar-refractivity contribution in [2.24, 2.45) is 13.0 Å². The van der Waals surface area contributed by atoms with Gasteiger partial charge < -0.3 is 9.88 Å². The summed E-state index contributed by atoms with van der Waals surface area (Å²) < 4.78 is 2.05. The van der Waals surface area contributed by atoms with Crippen LogP contribution in [0.4, 0.5) is 0 Å². The molecule has 1 N–H and O–H groups in total. The minimum Gasteiger partial charge on any atom is -0.349 e. The maximum atomic E-state index is 12.6. The SMILES string of the molecule is CC[C@@H]1CCCC[C@H]1NC(=O)c1ccc2c(c1)nc(C)n2C. The summed E-state index contributed by atoms with van der Waals surface area (Å²) in [6.07, 6.45) is 6.00. The van der Waals surface area contributed by atoms with Gasteiger partial charge in [-0.1, -0.05) is 26.2 Å². The minimum atomic E-state index is 0.0376. The summed E-state index contributed by atoms with van der Waals surface area (Å²) in [4.78, 5) is 17.1. The number of benzene rings is 1. The molecule has 0 unspecified atom stereocenters. The maximum absolute atomic E-state index is 12.6. The molecule has 1 saturated carbocycles. The van der Waals surface area contributed by atoms with Crippen molar-refractivity contribution in [2.75, 3.05) is 0 Å². The number of carbonyl (C=O) groups is 1. The summed E-state index contributed by atoms with van der Waals surface area (Å²) in [6.45, 7) is 4.20. The number of rotatable bonds is 3. The molecular formula is C18H25N3O. The summed E-state index contributed by atoms with van der Waals surface area (Å²) in [6, 6.07) is 6.12. The number of hydrogen-bond donors (Lipinski definition) is 1. The van der Waals surface area contributed by atoms with Gasteiger partial charge in [-0.25, -0.2) is 4.98 Å². The number of aryl methyl sites for hydroxylation is 2. The van der Waals surface area contributed by atoms with E-state index < -0.39 is 0 Å². The first-order chi connectivity index (χ1) is 10.6. The Labute approximate surface area is 131 Å². The van der Waals surface area contributed by atoms with Gasteiger partial charge in [-0.3, -0.25) is 4.79 Å². The fourth-order valence-electron chi connectivity index (χ4n) is 3.60. The normalized spacial score (nSPS) is 22.0. The molecular weight excluding hydrogens is 274 g/mol. The second-order valence-electron chi connectivity index (χ2n) is 6.45. The Morgan fingerprint density at radius 1 is 1.36 bits per heavy atom. The van der Waals surface area contributed by atoms with Crippen LogP contribution < -0.4 is 5.32 Å². The molecule has 1 aliphatic carbocycles. The fraction of sp³-hybridized carbons (Fsp3) is 0.556. The molecule has 1 amide bonds. The van der Waals surface area contributed by atoms with Gasteiger partial charge in [0.2, 0.25) is 0 Å². The van der Waals surface area contributed by atoms with Crippen LogP contribution in [-0.2, 0) is 7.05 Å². The summed E-state index contributed by atoms with van der Waals surface area (Å²) in [7, 11) is 2.00. The monoisotopic (exact) mass is 299 g/mol. The molecule has 0 spiro atoms. The van der Waals surface area contributed by atoms with Crippen LogP contribution in [0.25, 0.3) is 11.0 Å². The van der Waals surface area contributed by atoms with Gasteiger partial charge in [0.15, 0.2) is 0 Å². The van der Waals surface area contributed by atoms with E-state index in [0.717, 1.165) is 29.7 Å². The molecule has 0 radical (unpaired) electrons. The van der Waals surface area contributed by atoms with Crippen LogP contribution in [0.3, 0.4) is 0 Å². The molecule has 2 aromatic rings. The molecule has 1 aliphatic rings. The third kappa shape index (κ3) is 2.74. The molecule has 1 aromatic carbocycles. The van der Waals surface area contributed by atoms with E-state index in [9.17, 15) is 4.79 Å². The smallest absolute Gasteiger partial charge is 0.251 e. The molecule has 0 bridgehead atoms. The molecule has 4 nitrogen and oxygen atoms in total. The molecule has 1 fully saturated rings. The van der Waals surface area contributed by atoms with Crippen molar-refractivity contribution in [3.05, 3.63) is 29.6 Å². The van der Waals surface area contributed by atoms with Gasteiger partial charge >= 0.3 is 0 Å². The summed E-state index contributed by atoms with van der Waals surface area (Å²) in [5.74, 6) is 1.62. The molecule has 1 aromatic heterocycles. The van der Waals surface area contributed by atoms with Crippen LogP contribution in [0.2, 0.25) is 0 Å². The van der Waals surface area contributed by atoms with Crippen molar-refractivity contribution in [1.29, 1.82) is 0 Å².